The third kappa shape index (κ3) is 7.65. The molecule has 0 aliphatic heterocycles. The van der Waals surface area contributed by atoms with Gasteiger partial charge in [-0.3, -0.25) is 4.99 Å². The Balaban J connectivity index is 0.00000400. The number of rotatable bonds is 9. The van der Waals surface area contributed by atoms with Crippen molar-refractivity contribution in [2.24, 2.45) is 10.4 Å². The van der Waals surface area contributed by atoms with Crippen LogP contribution in [-0.2, 0) is 4.74 Å². The van der Waals surface area contributed by atoms with Crippen LogP contribution in [0.25, 0.3) is 0 Å². The van der Waals surface area contributed by atoms with Gasteiger partial charge in [-0.25, -0.2) is 0 Å². The van der Waals surface area contributed by atoms with E-state index in [0.29, 0.717) is 5.41 Å². The van der Waals surface area contributed by atoms with E-state index in [1.54, 1.807) is 7.11 Å². The molecule has 0 unspecified atom stereocenters. The number of methoxy groups -OCH3 is 1. The molecule has 5 nitrogen and oxygen atoms in total. The van der Waals surface area contributed by atoms with Gasteiger partial charge in [0.1, 0.15) is 0 Å². The van der Waals surface area contributed by atoms with Crippen LogP contribution in [0.2, 0.25) is 0 Å². The van der Waals surface area contributed by atoms with Crippen molar-refractivity contribution in [3.05, 3.63) is 0 Å². The number of nitrogens with zero attached hydrogens (tertiary/aromatic N) is 2. The Bertz CT molecular complexity index is 290. The molecule has 0 amide bonds. The van der Waals surface area contributed by atoms with E-state index in [-0.39, 0.29) is 24.0 Å². The van der Waals surface area contributed by atoms with Crippen molar-refractivity contribution in [1.29, 1.82) is 0 Å². The van der Waals surface area contributed by atoms with Gasteiger partial charge in [-0.2, -0.15) is 0 Å². The van der Waals surface area contributed by atoms with Crippen molar-refractivity contribution in [2.45, 2.75) is 32.6 Å². The molecule has 1 aliphatic rings. The first kappa shape index (κ1) is 20.9. The monoisotopic (exact) mass is 412 g/mol. The molecule has 0 heterocycles. The molecule has 1 fully saturated rings. The van der Waals surface area contributed by atoms with Crippen LogP contribution in [0.4, 0.5) is 0 Å². The molecule has 0 saturated heterocycles. The minimum absolute atomic E-state index is 0. The van der Waals surface area contributed by atoms with Crippen LogP contribution in [-0.4, -0.2) is 64.9 Å². The summed E-state index contributed by atoms with van der Waals surface area (Å²) in [7, 11) is 5.68. The summed E-state index contributed by atoms with van der Waals surface area (Å²) in [5, 5.41) is 6.85. The maximum absolute atomic E-state index is 5.07. The lowest BCUT2D eigenvalue weighted by atomic mass is 9.67. The molecule has 0 atom stereocenters. The fraction of sp³-hybridized carbons (Fsp3) is 0.933. The van der Waals surface area contributed by atoms with Gasteiger partial charge in [0.05, 0.1) is 6.61 Å². The van der Waals surface area contributed by atoms with Gasteiger partial charge >= 0.3 is 0 Å². The van der Waals surface area contributed by atoms with E-state index in [2.05, 4.69) is 34.5 Å². The summed E-state index contributed by atoms with van der Waals surface area (Å²) < 4.78 is 5.07. The minimum atomic E-state index is 0. The lowest BCUT2D eigenvalue weighted by molar-refractivity contribution is 0.131. The highest BCUT2D eigenvalue weighted by atomic mass is 127. The smallest absolute Gasteiger partial charge is 0.191 e. The Morgan fingerprint density at radius 2 is 2.00 bits per heavy atom. The van der Waals surface area contributed by atoms with Crippen molar-refractivity contribution < 1.29 is 4.74 Å². The molecular formula is C15H33IN4O. The summed E-state index contributed by atoms with van der Waals surface area (Å²) in [5.41, 5.74) is 0.521. The largest absolute Gasteiger partial charge is 0.383 e. The third-order valence-corrected chi connectivity index (χ3v) is 4.48. The second kappa shape index (κ2) is 11.5. The van der Waals surface area contributed by atoms with Gasteiger partial charge in [-0.1, -0.05) is 13.3 Å². The number of hydrogen-bond acceptors (Lipinski definition) is 3. The molecule has 0 aromatic rings. The average Bonchev–Trinajstić information content (AvgIpc) is 2.42. The topological polar surface area (TPSA) is 48.9 Å². The zero-order valence-corrected chi connectivity index (χ0v) is 16.4. The number of ether oxygens (including phenoxy) is 1. The zero-order valence-electron chi connectivity index (χ0n) is 14.1. The van der Waals surface area contributed by atoms with Crippen LogP contribution in [0.5, 0.6) is 0 Å². The summed E-state index contributed by atoms with van der Waals surface area (Å²) >= 11 is 0. The van der Waals surface area contributed by atoms with E-state index in [1.807, 2.05) is 7.05 Å². The molecule has 0 radical (unpaired) electrons. The van der Waals surface area contributed by atoms with Crippen molar-refractivity contribution in [3.63, 3.8) is 0 Å². The fourth-order valence-corrected chi connectivity index (χ4v) is 2.55. The molecule has 126 valence electrons. The number of guanidine groups is 1. The summed E-state index contributed by atoms with van der Waals surface area (Å²) in [5.74, 6) is 0.921. The molecule has 21 heavy (non-hydrogen) atoms. The first-order chi connectivity index (χ1) is 9.65. The minimum Gasteiger partial charge on any atom is -0.383 e. The normalized spacial score (nSPS) is 17.1. The lowest BCUT2D eigenvalue weighted by Gasteiger charge is -2.41. The van der Waals surface area contributed by atoms with Crippen LogP contribution in [0.3, 0.4) is 0 Å². The van der Waals surface area contributed by atoms with Gasteiger partial charge in [-0.15, -0.1) is 24.0 Å². The van der Waals surface area contributed by atoms with Crippen LogP contribution in [0.15, 0.2) is 4.99 Å². The van der Waals surface area contributed by atoms with Crippen molar-refractivity contribution in [3.8, 4) is 0 Å². The van der Waals surface area contributed by atoms with Crippen molar-refractivity contribution >= 4 is 29.9 Å². The Morgan fingerprint density at radius 3 is 2.48 bits per heavy atom. The van der Waals surface area contributed by atoms with Crippen LogP contribution < -0.4 is 10.6 Å². The summed E-state index contributed by atoms with van der Waals surface area (Å²) in [6, 6.07) is 0. The molecule has 1 saturated carbocycles. The highest BCUT2D eigenvalue weighted by Gasteiger charge is 2.34. The second-order valence-corrected chi connectivity index (χ2v) is 5.86. The van der Waals surface area contributed by atoms with E-state index >= 15 is 0 Å². The van der Waals surface area contributed by atoms with Gasteiger partial charge in [0.2, 0.25) is 0 Å². The summed E-state index contributed by atoms with van der Waals surface area (Å²) in [6.07, 6.45) is 5.35. The van der Waals surface area contributed by atoms with Gasteiger partial charge in [0.25, 0.3) is 0 Å². The average molecular weight is 412 g/mol. The molecule has 1 aliphatic carbocycles. The maximum Gasteiger partial charge on any atom is 0.191 e. The number of hydrogen-bond donors (Lipinski definition) is 2. The second-order valence-electron chi connectivity index (χ2n) is 5.86. The number of nitrogens with one attached hydrogen (secondary N) is 2. The first-order valence-electron chi connectivity index (χ1n) is 7.78. The molecular weight excluding hydrogens is 379 g/mol. The van der Waals surface area contributed by atoms with Gasteiger partial charge in [0.15, 0.2) is 5.96 Å². The maximum atomic E-state index is 5.07. The molecule has 0 aromatic heterocycles. The standard InChI is InChI=1S/C15H32N4O.HI/c1-5-15(7-6-8-15)13-18-14(16-2)17-9-10-19(3)11-12-20-4;/h5-13H2,1-4H3,(H2,16,17,18);1H. The predicted octanol–water partition coefficient (Wildman–Crippen LogP) is 1.93. The van der Waals surface area contributed by atoms with Crippen LogP contribution >= 0.6 is 24.0 Å². The van der Waals surface area contributed by atoms with Gasteiger partial charge < -0.3 is 20.3 Å². The van der Waals surface area contributed by atoms with Crippen LogP contribution in [0, 0.1) is 5.41 Å². The molecule has 1 rings (SSSR count). The first-order valence-corrected chi connectivity index (χ1v) is 7.78. The Morgan fingerprint density at radius 1 is 1.29 bits per heavy atom. The van der Waals surface area contributed by atoms with Crippen LogP contribution in [0.1, 0.15) is 32.6 Å². The third-order valence-electron chi connectivity index (χ3n) is 4.48. The van der Waals surface area contributed by atoms with E-state index in [9.17, 15) is 0 Å². The fourth-order valence-electron chi connectivity index (χ4n) is 2.55. The predicted molar refractivity (Wildman–Crippen MR) is 101 cm³/mol. The number of likely N-dealkylation sites (N-methyl/N-ethyl adjacent to an activating group) is 1. The van der Waals surface area contributed by atoms with E-state index in [1.165, 1.54) is 25.7 Å². The zero-order chi connectivity index (χ0) is 14.8. The molecule has 0 bridgehead atoms. The summed E-state index contributed by atoms with van der Waals surface area (Å²) in [4.78, 5) is 6.55. The molecule has 0 spiro atoms. The number of aliphatic imine (C=N–C) groups is 1. The summed E-state index contributed by atoms with van der Waals surface area (Å²) in [6.45, 7) is 6.97. The Hall–Kier alpha value is -0.0800. The van der Waals surface area contributed by atoms with E-state index in [0.717, 1.165) is 38.7 Å². The van der Waals surface area contributed by atoms with E-state index in [4.69, 9.17) is 4.74 Å². The highest BCUT2D eigenvalue weighted by Crippen LogP contribution is 2.42. The van der Waals surface area contributed by atoms with E-state index < -0.39 is 0 Å². The van der Waals surface area contributed by atoms with Gasteiger partial charge in [0, 0.05) is 40.3 Å². The van der Waals surface area contributed by atoms with Crippen molar-refractivity contribution in [1.82, 2.24) is 15.5 Å². The Kier molecular flexibility index (Phi) is 11.4. The SMILES string of the molecule is CCC1(CNC(=NC)NCCN(C)CCOC)CCC1.I. The van der Waals surface area contributed by atoms with Crippen molar-refractivity contribution in [2.75, 3.05) is 54.0 Å². The lowest BCUT2D eigenvalue weighted by Crippen LogP contribution is -2.47. The number of halogens is 1. The quantitative estimate of drug-likeness (QED) is 0.345. The molecule has 2 N–H and O–H groups in total. The highest BCUT2D eigenvalue weighted by molar-refractivity contribution is 14.0. The molecule has 6 heteroatoms. The Labute approximate surface area is 147 Å². The van der Waals surface area contributed by atoms with Gasteiger partial charge in [-0.05, 0) is 31.7 Å². The molecule has 0 aromatic carbocycles.